The Bertz CT molecular complexity index is 1160. The van der Waals surface area contributed by atoms with Gasteiger partial charge in [0.2, 0.25) is 10.0 Å². The lowest BCUT2D eigenvalue weighted by Crippen LogP contribution is -2.46. The maximum absolute atomic E-state index is 13.2. The summed E-state index contributed by atoms with van der Waals surface area (Å²) in [7, 11) is -2.12. The molecule has 0 bridgehead atoms. The number of morpholine rings is 1. The lowest BCUT2D eigenvalue weighted by atomic mass is 9.92. The average Bonchev–Trinajstić information content (AvgIpc) is 3.03. The number of carbonyl (C=O) groups excluding carboxylic acids is 2. The van der Waals surface area contributed by atoms with Gasteiger partial charge in [0.15, 0.2) is 0 Å². The number of sulfonamides is 1. The molecule has 2 fully saturated rings. The highest BCUT2D eigenvalue weighted by Gasteiger charge is 2.48. The molecule has 2 aliphatic rings. The van der Waals surface area contributed by atoms with E-state index in [0.717, 1.165) is 10.5 Å². The molecule has 0 aromatic heterocycles. The second-order valence-corrected chi connectivity index (χ2v) is 10.2. The van der Waals surface area contributed by atoms with E-state index in [2.05, 4.69) is 5.32 Å². The minimum Gasteiger partial charge on any atom is -0.496 e. The number of benzene rings is 2. The predicted molar refractivity (Wildman–Crippen MR) is 120 cm³/mol. The maximum Gasteiger partial charge on any atom is 0.325 e. The van der Waals surface area contributed by atoms with E-state index < -0.39 is 21.6 Å². The molecule has 2 heterocycles. The normalized spacial score (nSPS) is 21.8. The van der Waals surface area contributed by atoms with Crippen LogP contribution in [0.1, 0.15) is 18.1 Å². The highest BCUT2D eigenvalue weighted by Crippen LogP contribution is 2.28. The van der Waals surface area contributed by atoms with Crippen molar-refractivity contribution in [3.63, 3.8) is 0 Å². The molecular formula is C23H27N3O6S. The first-order chi connectivity index (χ1) is 15.7. The van der Waals surface area contributed by atoms with Crippen LogP contribution in [0.15, 0.2) is 53.4 Å². The van der Waals surface area contributed by atoms with Crippen molar-refractivity contribution >= 4 is 22.0 Å². The van der Waals surface area contributed by atoms with Gasteiger partial charge in [-0.15, -0.1) is 0 Å². The molecule has 10 heteroatoms. The van der Waals surface area contributed by atoms with Crippen LogP contribution < -0.4 is 10.1 Å². The largest absolute Gasteiger partial charge is 0.496 e. The van der Waals surface area contributed by atoms with E-state index in [1.165, 1.54) is 16.4 Å². The summed E-state index contributed by atoms with van der Waals surface area (Å²) in [5, 5.41) is 2.79. The monoisotopic (exact) mass is 473 g/mol. The van der Waals surface area contributed by atoms with Gasteiger partial charge in [0.05, 0.1) is 31.8 Å². The standard InChI is InChI=1S/C23H27N3O6S/c1-23(15-18-7-3-4-9-20(18)31-2)21(27)26(22(28)24-23)16-17-6-5-8-19(14-17)33(29,30)25-10-12-32-13-11-25/h3-9,14H,10-13,15-16H2,1-2H3,(H,24,28)/t23-/m1/s1. The Kier molecular flexibility index (Phi) is 6.42. The number of para-hydroxylation sites is 1. The van der Waals surface area contributed by atoms with Crippen molar-refractivity contribution in [2.45, 2.75) is 30.3 Å². The molecule has 3 amide bonds. The second-order valence-electron chi connectivity index (χ2n) is 8.31. The average molecular weight is 474 g/mol. The van der Waals surface area contributed by atoms with Gasteiger partial charge in [-0.2, -0.15) is 4.31 Å². The fraction of sp³-hybridized carbons (Fsp3) is 0.391. The first-order valence-corrected chi connectivity index (χ1v) is 12.1. The fourth-order valence-electron chi connectivity index (χ4n) is 4.16. The van der Waals surface area contributed by atoms with Crippen LogP contribution in [-0.2, 0) is 32.5 Å². The van der Waals surface area contributed by atoms with Crippen molar-refractivity contribution in [2.75, 3.05) is 33.4 Å². The summed E-state index contributed by atoms with van der Waals surface area (Å²) in [4.78, 5) is 27.2. The van der Waals surface area contributed by atoms with Gasteiger partial charge >= 0.3 is 6.03 Å². The number of nitrogens with one attached hydrogen (secondary N) is 1. The molecule has 2 aromatic carbocycles. The second kappa shape index (κ2) is 9.12. The van der Waals surface area contributed by atoms with Gasteiger partial charge in [-0.25, -0.2) is 13.2 Å². The van der Waals surface area contributed by atoms with E-state index in [-0.39, 0.29) is 23.8 Å². The van der Waals surface area contributed by atoms with Crippen LogP contribution in [0.3, 0.4) is 0 Å². The van der Waals surface area contributed by atoms with Crippen LogP contribution in [0.5, 0.6) is 5.75 Å². The fourth-order valence-corrected chi connectivity index (χ4v) is 5.64. The Morgan fingerprint density at radius 1 is 1.09 bits per heavy atom. The van der Waals surface area contributed by atoms with Crippen molar-refractivity contribution in [3.05, 3.63) is 59.7 Å². The number of hydrogen-bond donors (Lipinski definition) is 1. The molecule has 0 spiro atoms. The number of ether oxygens (including phenoxy) is 2. The molecule has 1 N–H and O–H groups in total. The summed E-state index contributed by atoms with van der Waals surface area (Å²) in [5.41, 5.74) is 0.217. The van der Waals surface area contributed by atoms with E-state index in [9.17, 15) is 18.0 Å². The van der Waals surface area contributed by atoms with Gasteiger partial charge in [-0.3, -0.25) is 9.69 Å². The van der Waals surface area contributed by atoms with Crippen molar-refractivity contribution in [3.8, 4) is 5.75 Å². The minimum atomic E-state index is -3.68. The molecule has 176 valence electrons. The zero-order valence-electron chi connectivity index (χ0n) is 18.6. The summed E-state index contributed by atoms with van der Waals surface area (Å²) < 4.78 is 37.9. The van der Waals surface area contributed by atoms with Crippen LogP contribution >= 0.6 is 0 Å². The number of imide groups is 1. The van der Waals surface area contributed by atoms with Gasteiger partial charge in [0, 0.05) is 19.5 Å². The molecule has 0 unspecified atom stereocenters. The lowest BCUT2D eigenvalue weighted by molar-refractivity contribution is -0.131. The third-order valence-electron chi connectivity index (χ3n) is 5.93. The number of methoxy groups -OCH3 is 1. The van der Waals surface area contributed by atoms with E-state index in [1.807, 2.05) is 18.2 Å². The topological polar surface area (TPSA) is 105 Å². The molecule has 2 saturated heterocycles. The smallest absolute Gasteiger partial charge is 0.325 e. The van der Waals surface area contributed by atoms with E-state index in [1.54, 1.807) is 32.2 Å². The Labute approximate surface area is 193 Å². The third kappa shape index (κ3) is 4.59. The Morgan fingerprint density at radius 2 is 1.82 bits per heavy atom. The van der Waals surface area contributed by atoms with Gasteiger partial charge in [0.1, 0.15) is 11.3 Å². The lowest BCUT2D eigenvalue weighted by Gasteiger charge is -2.26. The van der Waals surface area contributed by atoms with Gasteiger partial charge < -0.3 is 14.8 Å². The van der Waals surface area contributed by atoms with E-state index in [0.29, 0.717) is 37.6 Å². The molecule has 2 aromatic rings. The molecule has 4 rings (SSSR count). The minimum absolute atomic E-state index is 0.0291. The Hall–Kier alpha value is -2.95. The van der Waals surface area contributed by atoms with Crippen LogP contribution in [0, 0.1) is 0 Å². The summed E-state index contributed by atoms with van der Waals surface area (Å²) in [6.45, 7) is 2.94. The number of nitrogens with zero attached hydrogens (tertiary/aromatic N) is 2. The number of rotatable bonds is 7. The zero-order chi connectivity index (χ0) is 23.6. The van der Waals surface area contributed by atoms with Crippen LogP contribution in [-0.4, -0.2) is 68.5 Å². The van der Waals surface area contributed by atoms with Crippen molar-refractivity contribution in [1.82, 2.24) is 14.5 Å². The van der Waals surface area contributed by atoms with E-state index in [4.69, 9.17) is 9.47 Å². The molecule has 0 aliphatic carbocycles. The van der Waals surface area contributed by atoms with Crippen molar-refractivity contribution in [2.24, 2.45) is 0 Å². The zero-order valence-corrected chi connectivity index (χ0v) is 19.4. The van der Waals surface area contributed by atoms with Crippen molar-refractivity contribution < 1.29 is 27.5 Å². The summed E-state index contributed by atoms with van der Waals surface area (Å²) in [5.74, 6) is 0.264. The third-order valence-corrected chi connectivity index (χ3v) is 7.82. The Morgan fingerprint density at radius 3 is 2.55 bits per heavy atom. The van der Waals surface area contributed by atoms with Crippen LogP contribution in [0.25, 0.3) is 0 Å². The SMILES string of the molecule is COc1ccccc1C[C@@]1(C)NC(=O)N(Cc2cccc(S(=O)(=O)N3CCOCC3)c2)C1=O. The van der Waals surface area contributed by atoms with Crippen molar-refractivity contribution in [1.29, 1.82) is 0 Å². The number of carbonyl (C=O) groups is 2. The summed E-state index contributed by atoms with van der Waals surface area (Å²) in [6, 6.07) is 13.2. The van der Waals surface area contributed by atoms with Crippen LogP contribution in [0.2, 0.25) is 0 Å². The molecular weight excluding hydrogens is 446 g/mol. The molecule has 0 radical (unpaired) electrons. The maximum atomic E-state index is 13.2. The van der Waals surface area contributed by atoms with Gasteiger partial charge in [-0.1, -0.05) is 30.3 Å². The predicted octanol–water partition coefficient (Wildman–Crippen LogP) is 1.77. The highest BCUT2D eigenvalue weighted by atomic mass is 32.2. The first-order valence-electron chi connectivity index (χ1n) is 10.7. The molecule has 2 aliphatic heterocycles. The summed E-state index contributed by atoms with van der Waals surface area (Å²) >= 11 is 0. The Balaban J connectivity index is 1.53. The number of urea groups is 1. The number of amides is 3. The van der Waals surface area contributed by atoms with E-state index >= 15 is 0 Å². The van der Waals surface area contributed by atoms with Crippen LogP contribution in [0.4, 0.5) is 4.79 Å². The highest BCUT2D eigenvalue weighted by molar-refractivity contribution is 7.89. The van der Waals surface area contributed by atoms with Gasteiger partial charge in [-0.05, 0) is 36.2 Å². The molecule has 0 saturated carbocycles. The first kappa shape index (κ1) is 23.2. The number of hydrogen-bond acceptors (Lipinski definition) is 6. The molecule has 1 atom stereocenters. The molecule has 33 heavy (non-hydrogen) atoms. The van der Waals surface area contributed by atoms with Gasteiger partial charge in [0.25, 0.3) is 5.91 Å². The summed E-state index contributed by atoms with van der Waals surface area (Å²) in [6.07, 6.45) is 0.267. The quantitative estimate of drug-likeness (QED) is 0.615. The molecule has 9 nitrogen and oxygen atoms in total.